The lowest BCUT2D eigenvalue weighted by Crippen LogP contribution is -2.56. The van der Waals surface area contributed by atoms with Crippen LogP contribution in [0.4, 0.5) is 4.39 Å². The molecule has 1 aromatic rings. The number of rotatable bonds is 1. The molecule has 2 aliphatic heterocycles. The van der Waals surface area contributed by atoms with Crippen LogP contribution in [0, 0.1) is 11.7 Å². The smallest absolute Gasteiger partial charge is 0.235 e. The van der Waals surface area contributed by atoms with E-state index in [1.807, 2.05) is 6.92 Å². The average molecular weight is 271 g/mol. The van der Waals surface area contributed by atoms with Crippen LogP contribution in [0.5, 0.6) is 0 Å². The second kappa shape index (κ2) is 4.38. The summed E-state index contributed by atoms with van der Waals surface area (Å²) in [4.78, 5) is 0. The molecule has 0 aliphatic carbocycles. The quantitative estimate of drug-likeness (QED) is 0.836. The molecule has 4 atom stereocenters. The lowest BCUT2D eigenvalue weighted by molar-refractivity contribution is 0.0954. The number of fused-ring (bicyclic) bond motifs is 1. The third kappa shape index (κ3) is 1.80. The van der Waals surface area contributed by atoms with E-state index < -0.39 is 16.8 Å². The van der Waals surface area contributed by atoms with Gasteiger partial charge in [0, 0.05) is 11.5 Å². The van der Waals surface area contributed by atoms with E-state index in [9.17, 15) is 8.60 Å². The maximum atomic E-state index is 14.0. The highest BCUT2D eigenvalue weighted by atomic mass is 32.2. The van der Waals surface area contributed by atoms with Crippen molar-refractivity contribution in [2.24, 2.45) is 5.92 Å². The van der Waals surface area contributed by atoms with Crippen molar-refractivity contribution in [3.8, 4) is 0 Å². The minimum absolute atomic E-state index is 0.0490. The average Bonchev–Trinajstić information content (AvgIpc) is 2.78. The molecule has 1 N–H and O–H groups in total. The molecule has 4 nitrogen and oxygen atoms in total. The Kier molecular flexibility index (Phi) is 2.97. The molecule has 0 amide bonds. The topological polar surface area (TPSA) is 47.6 Å². The summed E-state index contributed by atoms with van der Waals surface area (Å²) in [6.45, 7) is 2.72. The van der Waals surface area contributed by atoms with Crippen molar-refractivity contribution in [3.05, 3.63) is 35.6 Å². The van der Waals surface area contributed by atoms with Crippen molar-refractivity contribution < 1.29 is 17.5 Å². The molecule has 98 valence electrons. The van der Waals surface area contributed by atoms with Gasteiger partial charge in [0.25, 0.3) is 0 Å². The largest absolute Gasteiger partial charge is 0.378 e. The van der Waals surface area contributed by atoms with Gasteiger partial charge in [-0.05, 0) is 13.0 Å². The summed E-state index contributed by atoms with van der Waals surface area (Å²) in [5, 5.41) is 0. The molecule has 2 aliphatic rings. The van der Waals surface area contributed by atoms with E-state index in [1.54, 1.807) is 18.2 Å². The normalized spacial score (nSPS) is 39.6. The van der Waals surface area contributed by atoms with E-state index in [2.05, 4.69) is 4.72 Å². The van der Waals surface area contributed by atoms with Crippen LogP contribution in [0.15, 0.2) is 24.3 Å². The Labute approximate surface area is 107 Å². The van der Waals surface area contributed by atoms with E-state index in [0.717, 1.165) is 0 Å². The van der Waals surface area contributed by atoms with Gasteiger partial charge in [-0.15, -0.1) is 0 Å². The van der Waals surface area contributed by atoms with Gasteiger partial charge in [-0.3, -0.25) is 4.18 Å². The van der Waals surface area contributed by atoms with Crippen LogP contribution in [0.1, 0.15) is 12.5 Å². The zero-order valence-corrected chi connectivity index (χ0v) is 10.7. The first-order valence-corrected chi connectivity index (χ1v) is 6.88. The third-order valence-electron chi connectivity index (χ3n) is 3.71. The summed E-state index contributed by atoms with van der Waals surface area (Å²) >= 11 is -1.63. The summed E-state index contributed by atoms with van der Waals surface area (Å²) < 4.78 is 39.2. The highest BCUT2D eigenvalue weighted by molar-refractivity contribution is 7.78. The lowest BCUT2D eigenvalue weighted by Gasteiger charge is -2.41. The number of ether oxygens (including phenoxy) is 1. The molecule has 1 aromatic carbocycles. The van der Waals surface area contributed by atoms with Crippen LogP contribution in [-0.2, 0) is 25.7 Å². The van der Waals surface area contributed by atoms with E-state index in [-0.39, 0.29) is 17.8 Å². The van der Waals surface area contributed by atoms with Crippen molar-refractivity contribution in [2.75, 3.05) is 13.2 Å². The zero-order valence-electron chi connectivity index (χ0n) is 9.89. The minimum Gasteiger partial charge on any atom is -0.378 e. The van der Waals surface area contributed by atoms with Crippen molar-refractivity contribution in [3.63, 3.8) is 0 Å². The third-order valence-corrected chi connectivity index (χ3v) is 4.72. The molecule has 3 rings (SSSR count). The van der Waals surface area contributed by atoms with Crippen molar-refractivity contribution >= 4 is 11.3 Å². The van der Waals surface area contributed by atoms with E-state index in [0.29, 0.717) is 18.8 Å². The summed E-state index contributed by atoms with van der Waals surface area (Å²) in [6.07, 6.45) is -0.253. The zero-order chi connectivity index (χ0) is 12.8. The van der Waals surface area contributed by atoms with Crippen LogP contribution in [0.2, 0.25) is 0 Å². The van der Waals surface area contributed by atoms with Gasteiger partial charge in [-0.1, -0.05) is 18.2 Å². The first-order valence-electron chi connectivity index (χ1n) is 5.81. The Balaban J connectivity index is 2.06. The highest BCUT2D eigenvalue weighted by Crippen LogP contribution is 2.40. The molecule has 0 aromatic heterocycles. The van der Waals surface area contributed by atoms with Crippen molar-refractivity contribution in [1.29, 1.82) is 0 Å². The van der Waals surface area contributed by atoms with Gasteiger partial charge in [0.05, 0.1) is 18.8 Å². The Hall–Kier alpha value is -0.820. The Morgan fingerprint density at radius 2 is 2.22 bits per heavy atom. The maximum absolute atomic E-state index is 14.0. The van der Waals surface area contributed by atoms with Crippen molar-refractivity contribution in [1.82, 2.24) is 4.72 Å². The fourth-order valence-corrected chi connectivity index (χ4v) is 3.76. The Bertz CT molecular complexity index is 498. The molecule has 18 heavy (non-hydrogen) atoms. The molecular weight excluding hydrogens is 257 g/mol. The molecule has 2 heterocycles. The maximum Gasteiger partial charge on any atom is 0.235 e. The molecule has 1 unspecified atom stereocenters. The van der Waals surface area contributed by atoms with Crippen molar-refractivity contribution in [2.45, 2.75) is 18.6 Å². The molecule has 2 fully saturated rings. The molecule has 0 saturated carbocycles. The molecule has 6 heteroatoms. The second-order valence-corrected chi connectivity index (χ2v) is 5.66. The lowest BCUT2D eigenvalue weighted by atomic mass is 9.78. The first-order chi connectivity index (χ1) is 8.61. The van der Waals surface area contributed by atoms with E-state index in [1.165, 1.54) is 6.07 Å². The number of nitrogens with one attached hydrogen (secondary N) is 1. The van der Waals surface area contributed by atoms with Crippen LogP contribution in [-0.4, -0.2) is 23.5 Å². The molecule has 0 spiro atoms. The van der Waals surface area contributed by atoms with Gasteiger partial charge >= 0.3 is 0 Å². The first kappa shape index (κ1) is 12.2. The second-order valence-electron chi connectivity index (χ2n) is 4.80. The fraction of sp³-hybridized carbons (Fsp3) is 0.500. The number of hydrogen-bond acceptors (Lipinski definition) is 3. The predicted octanol–water partition coefficient (Wildman–Crippen LogP) is 1.25. The van der Waals surface area contributed by atoms with Crippen LogP contribution in [0.25, 0.3) is 0 Å². The molecule has 0 radical (unpaired) electrons. The standard InChI is InChI=1S/C12H14FNO3S/c1-12(8-4-2-3-5-10(8)13)9-6-16-7-11(9)17-18(15)14-12/h2-5,9,11,14H,6-7H2,1H3/t9-,11+,12+,18?/m0/s1. The van der Waals surface area contributed by atoms with Gasteiger partial charge in [0.15, 0.2) is 0 Å². The minimum atomic E-state index is -1.63. The summed E-state index contributed by atoms with van der Waals surface area (Å²) in [5.41, 5.74) is -0.238. The highest BCUT2D eigenvalue weighted by Gasteiger charge is 2.51. The molecule has 0 bridgehead atoms. The summed E-state index contributed by atoms with van der Waals surface area (Å²) in [7, 11) is 0. The Morgan fingerprint density at radius 3 is 3.00 bits per heavy atom. The predicted molar refractivity (Wildman–Crippen MR) is 64.2 cm³/mol. The molecular formula is C12H14FNO3S. The van der Waals surface area contributed by atoms with Gasteiger partial charge in [0.1, 0.15) is 11.9 Å². The number of halogens is 1. The van der Waals surface area contributed by atoms with Gasteiger partial charge < -0.3 is 4.74 Å². The van der Waals surface area contributed by atoms with E-state index >= 15 is 0 Å². The van der Waals surface area contributed by atoms with Crippen LogP contribution in [0.3, 0.4) is 0 Å². The molecule has 2 saturated heterocycles. The number of hydrogen-bond donors (Lipinski definition) is 1. The van der Waals surface area contributed by atoms with E-state index in [4.69, 9.17) is 8.92 Å². The fourth-order valence-electron chi connectivity index (χ4n) is 2.69. The summed E-state index contributed by atoms with van der Waals surface area (Å²) in [5.74, 6) is -0.357. The Morgan fingerprint density at radius 1 is 1.44 bits per heavy atom. The van der Waals surface area contributed by atoms with Crippen LogP contribution >= 0.6 is 0 Å². The number of benzene rings is 1. The van der Waals surface area contributed by atoms with Crippen LogP contribution < -0.4 is 4.72 Å². The van der Waals surface area contributed by atoms with Gasteiger partial charge in [-0.2, -0.15) is 0 Å². The van der Waals surface area contributed by atoms with Gasteiger partial charge in [-0.25, -0.2) is 13.3 Å². The monoisotopic (exact) mass is 271 g/mol. The summed E-state index contributed by atoms with van der Waals surface area (Å²) in [6, 6.07) is 6.53. The van der Waals surface area contributed by atoms with Gasteiger partial charge in [0.2, 0.25) is 11.3 Å². The SMILES string of the molecule is C[C@]1(c2ccccc2F)NS(=O)O[C@@H]2COC[C@@H]21.